The fourth-order valence-corrected chi connectivity index (χ4v) is 9.02. The summed E-state index contributed by atoms with van der Waals surface area (Å²) < 4.78 is 0. The first-order chi connectivity index (χ1) is 33.0. The first kappa shape index (κ1) is 64.7. The zero-order chi connectivity index (χ0) is 56.1. The Bertz CT molecular complexity index is 1790. The van der Waals surface area contributed by atoms with Gasteiger partial charge in [-0.3, -0.25) is 47.9 Å². The van der Waals surface area contributed by atoms with Gasteiger partial charge in [0.15, 0.2) is 0 Å². The molecule has 10 atom stereocenters. The van der Waals surface area contributed by atoms with Crippen molar-refractivity contribution in [2.24, 2.45) is 35.5 Å². The second-order valence-corrected chi connectivity index (χ2v) is 22.5. The highest BCUT2D eigenvalue weighted by Gasteiger charge is 2.42. The largest absolute Gasteiger partial charge is 0.343 e. The van der Waals surface area contributed by atoms with E-state index in [1.165, 1.54) is 99.4 Å². The molecule has 72 heavy (non-hydrogen) atoms. The summed E-state index contributed by atoms with van der Waals surface area (Å²) in [4.78, 5) is 150. The van der Waals surface area contributed by atoms with Crippen LogP contribution >= 0.6 is 0 Å². The minimum Gasteiger partial charge on any atom is -0.343 e. The molecule has 1 saturated heterocycles. The number of rotatable bonds is 10. The molecule has 0 bridgehead atoms. The van der Waals surface area contributed by atoms with Gasteiger partial charge in [0.25, 0.3) is 0 Å². The van der Waals surface area contributed by atoms with Crippen LogP contribution in [0, 0.1) is 35.5 Å². The van der Waals surface area contributed by atoms with E-state index in [0.29, 0.717) is 0 Å². The number of carbonyl (C=O) groups is 10. The maximum Gasteiger partial charge on any atom is 0.245 e. The molecule has 1 heterocycles. The van der Waals surface area contributed by atoms with Crippen LogP contribution in [0.25, 0.3) is 0 Å². The summed E-state index contributed by atoms with van der Waals surface area (Å²) in [7, 11) is 8.62. The van der Waals surface area contributed by atoms with E-state index >= 15 is 0 Å². The standard InChI is InChI=1S/C52H94N10O10/c1-27(2)23-37-51(71)59(19)35(15)47(67)61(21)41(31(9)10)45(65)56-40(26-30(7)8)50(70)58(18)34(14)44(64)54-38(24-28(3)4)52(72)60(20)36(16)48(68)62(22)42(32(11)12)46(66)55-39(25-29(5)6)49(69)57(17)33(13)43(63)53-37/h27-42H,23-26H2,1-22H3,(H,53,63)(H,54,64)(H,55,66)(H,56,65)/t33-,34-,35+,36+,37-,38-,39-,40-,41-,42-/m0/s1. The highest BCUT2D eigenvalue weighted by molar-refractivity contribution is 5.99. The summed E-state index contributed by atoms with van der Waals surface area (Å²) in [5.74, 6) is -7.37. The number of amides is 10. The van der Waals surface area contributed by atoms with Gasteiger partial charge in [-0.25, -0.2) is 0 Å². The van der Waals surface area contributed by atoms with Crippen LogP contribution in [0.1, 0.15) is 136 Å². The smallest absolute Gasteiger partial charge is 0.245 e. The predicted molar refractivity (Wildman–Crippen MR) is 277 cm³/mol. The van der Waals surface area contributed by atoms with Gasteiger partial charge in [-0.2, -0.15) is 0 Å². The highest BCUT2D eigenvalue weighted by atomic mass is 16.2. The Morgan fingerprint density at radius 2 is 0.500 bits per heavy atom. The number of hydrogen-bond acceptors (Lipinski definition) is 10. The molecule has 10 amide bonds. The van der Waals surface area contributed by atoms with Gasteiger partial charge >= 0.3 is 0 Å². The van der Waals surface area contributed by atoms with Crippen LogP contribution in [-0.2, 0) is 47.9 Å². The number of nitrogens with one attached hydrogen (secondary N) is 4. The van der Waals surface area contributed by atoms with E-state index in [-0.39, 0.29) is 49.4 Å². The van der Waals surface area contributed by atoms with Crippen LogP contribution in [0.15, 0.2) is 0 Å². The SMILES string of the molecule is CC(C)C[C@@H]1NC(=O)[C@H](C)N(C)C(=O)[C@H](CC(C)C)NC(=O)[C@H](C(C)C)N(C)C(=O)[C@@H](C)N(C)C(=O)[C@H](CC(C)C)NC(=O)[C@H](C)N(C)C(=O)[C@H](CC(C)C)NC(=O)[C@H](C(C)C)N(C)C(=O)[C@@H](C)N(C)C1=O. The van der Waals surface area contributed by atoms with Crippen molar-refractivity contribution in [2.75, 3.05) is 42.3 Å². The van der Waals surface area contributed by atoms with Crippen molar-refractivity contribution in [3.8, 4) is 0 Å². The van der Waals surface area contributed by atoms with Gasteiger partial charge in [0.2, 0.25) is 59.1 Å². The van der Waals surface area contributed by atoms with E-state index in [0.717, 1.165) is 0 Å². The second kappa shape index (κ2) is 28.2. The molecule has 0 aromatic rings. The van der Waals surface area contributed by atoms with Crippen molar-refractivity contribution < 1.29 is 47.9 Å². The molecule has 1 aliphatic heterocycles. The van der Waals surface area contributed by atoms with E-state index < -0.39 is 131 Å². The second-order valence-electron chi connectivity index (χ2n) is 22.5. The van der Waals surface area contributed by atoms with Crippen LogP contribution < -0.4 is 21.3 Å². The van der Waals surface area contributed by atoms with Crippen LogP contribution in [0.2, 0.25) is 0 Å². The van der Waals surface area contributed by atoms with Crippen molar-refractivity contribution in [3.05, 3.63) is 0 Å². The maximum absolute atomic E-state index is 14.3. The topological polar surface area (TPSA) is 238 Å². The fourth-order valence-electron chi connectivity index (χ4n) is 9.02. The van der Waals surface area contributed by atoms with E-state index in [1.807, 2.05) is 55.4 Å². The molecule has 1 rings (SSSR count). The van der Waals surface area contributed by atoms with Crippen molar-refractivity contribution in [2.45, 2.75) is 197 Å². The molecule has 4 N–H and O–H groups in total. The number of likely N-dealkylation sites (N-methyl/N-ethyl adjacent to an activating group) is 6. The van der Waals surface area contributed by atoms with Gasteiger partial charge < -0.3 is 50.7 Å². The minimum absolute atomic E-state index is 0.0963. The average molecular weight is 1020 g/mol. The first-order valence-corrected chi connectivity index (χ1v) is 25.8. The van der Waals surface area contributed by atoms with Crippen molar-refractivity contribution in [3.63, 3.8) is 0 Å². The van der Waals surface area contributed by atoms with Gasteiger partial charge in [-0.05, 0) is 88.9 Å². The van der Waals surface area contributed by atoms with E-state index in [4.69, 9.17) is 0 Å². The molecule has 0 saturated carbocycles. The molecule has 0 unspecified atom stereocenters. The lowest BCUT2D eigenvalue weighted by Gasteiger charge is -2.38. The summed E-state index contributed by atoms with van der Waals surface area (Å²) in [6, 6.07) is -11.2. The van der Waals surface area contributed by atoms with Gasteiger partial charge in [0.1, 0.15) is 60.4 Å². The van der Waals surface area contributed by atoms with Crippen LogP contribution in [0.5, 0.6) is 0 Å². The van der Waals surface area contributed by atoms with E-state index in [9.17, 15) is 47.9 Å². The van der Waals surface area contributed by atoms with Crippen molar-refractivity contribution in [1.29, 1.82) is 0 Å². The zero-order valence-corrected chi connectivity index (χ0v) is 47.8. The summed E-state index contributed by atoms with van der Waals surface area (Å²) in [6.07, 6.45) is 0.733. The van der Waals surface area contributed by atoms with Gasteiger partial charge in [-0.15, -0.1) is 0 Å². The number of nitrogens with zero attached hydrogens (tertiary/aromatic N) is 6. The normalized spacial score (nSPS) is 28.0. The first-order valence-electron chi connectivity index (χ1n) is 25.8. The fraction of sp³-hybridized carbons (Fsp3) is 0.808. The predicted octanol–water partition coefficient (Wildman–Crippen LogP) is 2.48. The molecule has 0 aromatic heterocycles. The van der Waals surface area contributed by atoms with Gasteiger partial charge in [0.05, 0.1) is 0 Å². The molecule has 0 aromatic carbocycles. The van der Waals surface area contributed by atoms with Crippen LogP contribution in [-0.4, -0.2) is 191 Å². The van der Waals surface area contributed by atoms with Crippen LogP contribution in [0.4, 0.5) is 0 Å². The third-order valence-corrected chi connectivity index (χ3v) is 13.8. The molecule has 0 radical (unpaired) electrons. The molecule has 20 nitrogen and oxygen atoms in total. The Hall–Kier alpha value is -5.30. The molecule has 0 spiro atoms. The van der Waals surface area contributed by atoms with E-state index in [1.54, 1.807) is 27.7 Å². The lowest BCUT2D eigenvalue weighted by Crippen LogP contribution is -2.62. The highest BCUT2D eigenvalue weighted by Crippen LogP contribution is 2.21. The Morgan fingerprint density at radius 3 is 0.694 bits per heavy atom. The number of hydrogen-bond donors (Lipinski definition) is 4. The molecule has 20 heteroatoms. The van der Waals surface area contributed by atoms with E-state index in [2.05, 4.69) is 21.3 Å². The van der Waals surface area contributed by atoms with Crippen molar-refractivity contribution in [1.82, 2.24) is 50.7 Å². The quantitative estimate of drug-likeness (QED) is 0.250. The minimum atomic E-state index is -1.13. The molecule has 0 aliphatic carbocycles. The summed E-state index contributed by atoms with van der Waals surface area (Å²) >= 11 is 0. The molecule has 1 fully saturated rings. The Kier molecular flexibility index (Phi) is 25.4. The monoisotopic (exact) mass is 1020 g/mol. The van der Waals surface area contributed by atoms with Gasteiger partial charge in [0, 0.05) is 42.3 Å². The maximum atomic E-state index is 14.3. The zero-order valence-electron chi connectivity index (χ0n) is 47.8. The number of carbonyl (C=O) groups excluding carboxylic acids is 10. The lowest BCUT2D eigenvalue weighted by atomic mass is 9.97. The van der Waals surface area contributed by atoms with Crippen molar-refractivity contribution >= 4 is 59.1 Å². The molecule has 412 valence electrons. The molecular weight excluding hydrogens is 925 g/mol. The average Bonchev–Trinajstić information content (AvgIpc) is 3.28. The van der Waals surface area contributed by atoms with Crippen LogP contribution in [0.3, 0.4) is 0 Å². The Morgan fingerprint density at radius 1 is 0.306 bits per heavy atom. The molecule has 1 aliphatic rings. The summed E-state index contributed by atoms with van der Waals surface area (Å²) in [6.45, 7) is 28.0. The Balaban J connectivity index is 4.08. The lowest BCUT2D eigenvalue weighted by molar-refractivity contribution is -0.151. The third kappa shape index (κ3) is 17.4. The Labute approximate surface area is 431 Å². The van der Waals surface area contributed by atoms with Gasteiger partial charge in [-0.1, -0.05) is 83.1 Å². The molecular formula is C52H94N10O10. The summed E-state index contributed by atoms with van der Waals surface area (Å²) in [5, 5.41) is 11.3. The summed E-state index contributed by atoms with van der Waals surface area (Å²) in [5.41, 5.74) is 0. The third-order valence-electron chi connectivity index (χ3n) is 13.8.